The third kappa shape index (κ3) is 2.90. The molecule has 4 rings (SSSR count). The molecule has 0 N–H and O–H groups in total. The number of nitrogens with zero attached hydrogens (tertiary/aromatic N) is 4. The number of amides is 1. The van der Waals surface area contributed by atoms with E-state index in [2.05, 4.69) is 32.8 Å². The van der Waals surface area contributed by atoms with Gasteiger partial charge in [0.25, 0.3) is 5.91 Å². The van der Waals surface area contributed by atoms with E-state index in [4.69, 9.17) is 0 Å². The fourth-order valence-electron chi connectivity index (χ4n) is 3.29. The molecule has 3 heterocycles. The maximum Gasteiger partial charge on any atom is 0.253 e. The average molecular weight is 432 g/mol. The summed E-state index contributed by atoms with van der Waals surface area (Å²) in [5, 5.41) is 8.61. The molecule has 0 aliphatic carbocycles. The van der Waals surface area contributed by atoms with Gasteiger partial charge in [-0.3, -0.25) is 9.20 Å². The molecule has 0 saturated carbocycles. The quantitative estimate of drug-likeness (QED) is 0.584. The number of halogens is 1. The Morgan fingerprint density at radius 2 is 1.96 bits per heavy atom. The first-order valence-electron chi connectivity index (χ1n) is 8.07. The first kappa shape index (κ1) is 15.6. The third-order valence-corrected chi connectivity index (χ3v) is 5.22. The summed E-state index contributed by atoms with van der Waals surface area (Å²) >= 11 is 2.25. The van der Waals surface area contributed by atoms with Crippen LogP contribution in [0.15, 0.2) is 48.7 Å². The molecule has 0 radical (unpaired) electrons. The van der Waals surface area contributed by atoms with E-state index in [1.807, 2.05) is 58.0 Å². The van der Waals surface area contributed by atoms with E-state index in [-0.39, 0.29) is 11.8 Å². The van der Waals surface area contributed by atoms with Crippen LogP contribution in [0.4, 0.5) is 0 Å². The minimum Gasteiger partial charge on any atom is -0.338 e. The zero-order chi connectivity index (χ0) is 16.5. The SMILES string of the molecule is O=C(c1ccc(I)cc1)N1CCC[C@H](c2nnc3ccccn23)C1. The predicted octanol–water partition coefficient (Wildman–Crippen LogP) is 3.35. The second-order valence-electron chi connectivity index (χ2n) is 6.08. The highest BCUT2D eigenvalue weighted by molar-refractivity contribution is 14.1. The van der Waals surface area contributed by atoms with Gasteiger partial charge in [-0.1, -0.05) is 6.07 Å². The lowest BCUT2D eigenvalue weighted by Crippen LogP contribution is -2.39. The van der Waals surface area contributed by atoms with Gasteiger partial charge in [-0.2, -0.15) is 0 Å². The van der Waals surface area contributed by atoms with E-state index in [0.29, 0.717) is 6.54 Å². The van der Waals surface area contributed by atoms with E-state index >= 15 is 0 Å². The van der Waals surface area contributed by atoms with Gasteiger partial charge in [0.05, 0.1) is 0 Å². The fourth-order valence-corrected chi connectivity index (χ4v) is 3.65. The van der Waals surface area contributed by atoms with E-state index in [9.17, 15) is 4.79 Å². The number of aromatic nitrogens is 3. The first-order valence-corrected chi connectivity index (χ1v) is 9.15. The molecule has 1 saturated heterocycles. The van der Waals surface area contributed by atoms with Crippen LogP contribution in [0.25, 0.3) is 5.65 Å². The number of likely N-dealkylation sites (tertiary alicyclic amines) is 1. The lowest BCUT2D eigenvalue weighted by molar-refractivity contribution is 0.0704. The average Bonchev–Trinajstić information content (AvgIpc) is 3.06. The second-order valence-corrected chi connectivity index (χ2v) is 7.33. The van der Waals surface area contributed by atoms with Gasteiger partial charge in [-0.15, -0.1) is 10.2 Å². The highest BCUT2D eigenvalue weighted by Crippen LogP contribution is 2.27. The Bertz CT molecular complexity index is 874. The summed E-state index contributed by atoms with van der Waals surface area (Å²) in [7, 11) is 0. The van der Waals surface area contributed by atoms with Gasteiger partial charge < -0.3 is 4.90 Å². The summed E-state index contributed by atoms with van der Waals surface area (Å²) in [6, 6.07) is 13.6. The molecule has 0 unspecified atom stereocenters. The van der Waals surface area contributed by atoms with Gasteiger partial charge in [0.15, 0.2) is 5.65 Å². The van der Waals surface area contributed by atoms with E-state index in [1.54, 1.807) is 0 Å². The largest absolute Gasteiger partial charge is 0.338 e. The normalized spacial score (nSPS) is 18.0. The number of hydrogen-bond donors (Lipinski definition) is 0. The van der Waals surface area contributed by atoms with E-state index in [0.717, 1.165) is 40.0 Å². The number of pyridine rings is 1. The van der Waals surface area contributed by atoms with Gasteiger partial charge in [-0.05, 0) is 71.8 Å². The molecule has 6 heteroatoms. The monoisotopic (exact) mass is 432 g/mol. The fraction of sp³-hybridized carbons (Fsp3) is 0.278. The smallest absolute Gasteiger partial charge is 0.253 e. The van der Waals surface area contributed by atoms with Crippen LogP contribution < -0.4 is 0 Å². The van der Waals surface area contributed by atoms with Crippen LogP contribution in [0, 0.1) is 3.57 Å². The Balaban J connectivity index is 1.57. The van der Waals surface area contributed by atoms with Crippen molar-refractivity contribution in [1.29, 1.82) is 0 Å². The number of rotatable bonds is 2. The van der Waals surface area contributed by atoms with Crippen molar-refractivity contribution in [1.82, 2.24) is 19.5 Å². The van der Waals surface area contributed by atoms with Crippen molar-refractivity contribution in [3.63, 3.8) is 0 Å². The molecular formula is C18H17IN4O. The van der Waals surface area contributed by atoms with Crippen LogP contribution in [-0.4, -0.2) is 38.5 Å². The van der Waals surface area contributed by atoms with Gasteiger partial charge >= 0.3 is 0 Å². The molecule has 1 aromatic carbocycles. The zero-order valence-corrected chi connectivity index (χ0v) is 15.3. The summed E-state index contributed by atoms with van der Waals surface area (Å²) < 4.78 is 3.17. The number of fused-ring (bicyclic) bond motifs is 1. The van der Waals surface area contributed by atoms with Crippen LogP contribution in [0.1, 0.15) is 34.9 Å². The number of piperidine rings is 1. The highest BCUT2D eigenvalue weighted by atomic mass is 127. The zero-order valence-electron chi connectivity index (χ0n) is 13.1. The maximum absolute atomic E-state index is 12.8. The molecule has 1 atom stereocenters. The minimum atomic E-state index is 0.102. The molecule has 122 valence electrons. The number of carbonyl (C=O) groups is 1. The van der Waals surface area contributed by atoms with Crippen molar-refractivity contribution in [2.75, 3.05) is 13.1 Å². The maximum atomic E-state index is 12.8. The van der Waals surface area contributed by atoms with E-state index in [1.165, 1.54) is 0 Å². The first-order chi connectivity index (χ1) is 11.7. The van der Waals surface area contributed by atoms with Crippen LogP contribution in [-0.2, 0) is 0 Å². The summed E-state index contributed by atoms with van der Waals surface area (Å²) in [5.41, 5.74) is 1.61. The second kappa shape index (κ2) is 6.51. The topological polar surface area (TPSA) is 50.5 Å². The molecule has 24 heavy (non-hydrogen) atoms. The molecule has 0 bridgehead atoms. The molecule has 1 amide bonds. The van der Waals surface area contributed by atoms with Crippen molar-refractivity contribution >= 4 is 34.1 Å². The molecular weight excluding hydrogens is 415 g/mol. The Hall–Kier alpha value is -1.96. The van der Waals surface area contributed by atoms with Crippen LogP contribution in [0.2, 0.25) is 0 Å². The highest BCUT2D eigenvalue weighted by Gasteiger charge is 2.28. The number of hydrogen-bond acceptors (Lipinski definition) is 3. The number of benzene rings is 1. The molecule has 1 aliphatic rings. The summed E-state index contributed by atoms with van der Waals surface area (Å²) in [6.07, 6.45) is 4.01. The summed E-state index contributed by atoms with van der Waals surface area (Å²) in [4.78, 5) is 14.7. The Morgan fingerprint density at radius 1 is 1.12 bits per heavy atom. The molecule has 2 aromatic heterocycles. The van der Waals surface area contributed by atoms with Gasteiger partial charge in [0.2, 0.25) is 0 Å². The van der Waals surface area contributed by atoms with Crippen molar-refractivity contribution in [2.24, 2.45) is 0 Å². The third-order valence-electron chi connectivity index (χ3n) is 4.51. The standard InChI is InChI=1S/C18H17IN4O/c19-15-8-6-13(7-9-15)18(24)22-10-3-4-14(12-22)17-21-20-16-5-1-2-11-23(16)17/h1-2,5-9,11,14H,3-4,10,12H2/t14-/m0/s1. The number of carbonyl (C=O) groups excluding carboxylic acids is 1. The Kier molecular flexibility index (Phi) is 4.22. The molecule has 5 nitrogen and oxygen atoms in total. The lowest BCUT2D eigenvalue weighted by atomic mass is 9.96. The van der Waals surface area contributed by atoms with Crippen LogP contribution in [0.5, 0.6) is 0 Å². The van der Waals surface area contributed by atoms with Crippen molar-refractivity contribution < 1.29 is 4.79 Å². The van der Waals surface area contributed by atoms with E-state index < -0.39 is 0 Å². The van der Waals surface area contributed by atoms with Crippen LogP contribution in [0.3, 0.4) is 0 Å². The lowest BCUT2D eigenvalue weighted by Gasteiger charge is -2.32. The Morgan fingerprint density at radius 3 is 2.79 bits per heavy atom. The minimum absolute atomic E-state index is 0.102. The molecule has 0 spiro atoms. The van der Waals surface area contributed by atoms with Crippen molar-refractivity contribution in [3.05, 3.63) is 63.6 Å². The summed E-state index contributed by atoms with van der Waals surface area (Å²) in [5.74, 6) is 1.28. The predicted molar refractivity (Wildman–Crippen MR) is 100 cm³/mol. The van der Waals surface area contributed by atoms with Crippen molar-refractivity contribution in [3.8, 4) is 0 Å². The molecule has 3 aromatic rings. The van der Waals surface area contributed by atoms with Gasteiger partial charge in [0, 0.05) is 34.3 Å². The summed E-state index contributed by atoms with van der Waals surface area (Å²) in [6.45, 7) is 1.50. The van der Waals surface area contributed by atoms with Gasteiger partial charge in [-0.25, -0.2) is 0 Å². The Labute approximate surface area is 153 Å². The van der Waals surface area contributed by atoms with Crippen LogP contribution >= 0.6 is 22.6 Å². The van der Waals surface area contributed by atoms with Crippen molar-refractivity contribution in [2.45, 2.75) is 18.8 Å². The van der Waals surface area contributed by atoms with Gasteiger partial charge in [0.1, 0.15) is 5.82 Å². The molecule has 1 aliphatic heterocycles. The molecule has 1 fully saturated rings.